The van der Waals surface area contributed by atoms with Crippen molar-refractivity contribution in [3.8, 4) is 0 Å². The van der Waals surface area contributed by atoms with Crippen LogP contribution < -0.4 is 5.32 Å². The molecule has 0 saturated heterocycles. The molecule has 0 aliphatic rings. The standard InChI is InChI=1S/C14H11BrN4O/c1-8-4-9(6-10(15)5-8)14(20)19-13-11-2-3-16-12(11)17-7-18-13/h2-7H,1H3,(H2,16,17,18,19,20). The van der Waals surface area contributed by atoms with Crippen LogP contribution in [-0.4, -0.2) is 20.9 Å². The third-order valence-electron chi connectivity index (χ3n) is 2.89. The van der Waals surface area contributed by atoms with Crippen molar-refractivity contribution < 1.29 is 4.79 Å². The van der Waals surface area contributed by atoms with Crippen molar-refractivity contribution in [3.63, 3.8) is 0 Å². The summed E-state index contributed by atoms with van der Waals surface area (Å²) in [6, 6.07) is 7.39. The van der Waals surface area contributed by atoms with Crippen LogP contribution in [0.2, 0.25) is 0 Å². The second kappa shape index (κ2) is 5.05. The molecule has 0 aliphatic carbocycles. The van der Waals surface area contributed by atoms with Gasteiger partial charge in [0.05, 0.1) is 5.39 Å². The van der Waals surface area contributed by atoms with Gasteiger partial charge in [-0.05, 0) is 36.8 Å². The van der Waals surface area contributed by atoms with E-state index < -0.39 is 0 Å². The van der Waals surface area contributed by atoms with Crippen LogP contribution >= 0.6 is 15.9 Å². The lowest BCUT2D eigenvalue weighted by Gasteiger charge is -2.06. The number of aryl methyl sites for hydroxylation is 1. The molecule has 1 aromatic carbocycles. The lowest BCUT2D eigenvalue weighted by Crippen LogP contribution is -2.13. The molecule has 2 heterocycles. The Morgan fingerprint density at radius 3 is 2.95 bits per heavy atom. The molecule has 6 heteroatoms. The quantitative estimate of drug-likeness (QED) is 0.757. The summed E-state index contributed by atoms with van der Waals surface area (Å²) in [7, 11) is 0. The first-order valence-corrected chi connectivity index (χ1v) is 6.79. The van der Waals surface area contributed by atoms with Crippen molar-refractivity contribution >= 4 is 38.7 Å². The molecule has 5 nitrogen and oxygen atoms in total. The number of nitrogens with zero attached hydrogens (tertiary/aromatic N) is 2. The van der Waals surface area contributed by atoms with Crippen LogP contribution in [0.3, 0.4) is 0 Å². The molecule has 3 rings (SSSR count). The van der Waals surface area contributed by atoms with Crippen molar-refractivity contribution in [2.75, 3.05) is 5.32 Å². The first-order chi connectivity index (χ1) is 9.63. The molecule has 2 N–H and O–H groups in total. The van der Waals surface area contributed by atoms with Gasteiger partial charge in [0.25, 0.3) is 5.91 Å². The number of amides is 1. The van der Waals surface area contributed by atoms with E-state index in [1.165, 1.54) is 6.33 Å². The van der Waals surface area contributed by atoms with Crippen molar-refractivity contribution in [3.05, 3.63) is 52.4 Å². The number of aromatic nitrogens is 3. The second-order valence-electron chi connectivity index (χ2n) is 4.43. The highest BCUT2D eigenvalue weighted by Crippen LogP contribution is 2.20. The maximum atomic E-state index is 12.3. The van der Waals surface area contributed by atoms with Crippen molar-refractivity contribution in [1.29, 1.82) is 0 Å². The van der Waals surface area contributed by atoms with E-state index in [0.717, 1.165) is 15.4 Å². The predicted molar refractivity (Wildman–Crippen MR) is 80.7 cm³/mol. The van der Waals surface area contributed by atoms with E-state index in [2.05, 4.69) is 36.2 Å². The fourth-order valence-electron chi connectivity index (χ4n) is 2.02. The number of hydrogen-bond acceptors (Lipinski definition) is 3. The minimum atomic E-state index is -0.199. The fourth-order valence-corrected chi connectivity index (χ4v) is 2.63. The molecular formula is C14H11BrN4O. The number of fused-ring (bicyclic) bond motifs is 1. The van der Waals surface area contributed by atoms with Gasteiger partial charge in [-0.3, -0.25) is 4.79 Å². The highest BCUT2D eigenvalue weighted by Gasteiger charge is 2.11. The highest BCUT2D eigenvalue weighted by atomic mass is 79.9. The van der Waals surface area contributed by atoms with E-state index in [1.54, 1.807) is 12.3 Å². The van der Waals surface area contributed by atoms with Crippen LogP contribution in [0.25, 0.3) is 11.0 Å². The summed E-state index contributed by atoms with van der Waals surface area (Å²) >= 11 is 3.39. The van der Waals surface area contributed by atoms with Crippen LogP contribution in [-0.2, 0) is 0 Å². The van der Waals surface area contributed by atoms with E-state index in [1.807, 2.05) is 25.1 Å². The predicted octanol–water partition coefficient (Wildman–Crippen LogP) is 3.28. The normalized spacial score (nSPS) is 10.7. The van der Waals surface area contributed by atoms with Gasteiger partial charge in [-0.1, -0.05) is 15.9 Å². The van der Waals surface area contributed by atoms with Gasteiger partial charge in [-0.2, -0.15) is 0 Å². The average molecular weight is 331 g/mol. The molecule has 0 bridgehead atoms. The second-order valence-corrected chi connectivity index (χ2v) is 5.35. The van der Waals surface area contributed by atoms with Crippen molar-refractivity contribution in [2.24, 2.45) is 0 Å². The topological polar surface area (TPSA) is 70.7 Å². The monoisotopic (exact) mass is 330 g/mol. The molecule has 0 atom stereocenters. The number of H-pyrrole nitrogens is 1. The zero-order valence-corrected chi connectivity index (χ0v) is 12.2. The molecule has 0 aliphatic heterocycles. The lowest BCUT2D eigenvalue weighted by atomic mass is 10.1. The molecule has 0 saturated carbocycles. The van der Waals surface area contributed by atoms with E-state index in [0.29, 0.717) is 17.0 Å². The number of nitrogens with one attached hydrogen (secondary N) is 2. The molecule has 1 amide bonds. The summed E-state index contributed by atoms with van der Waals surface area (Å²) in [5, 5.41) is 3.60. The Bertz CT molecular complexity index is 776. The minimum Gasteiger partial charge on any atom is -0.346 e. The van der Waals surface area contributed by atoms with Crippen LogP contribution in [0.1, 0.15) is 15.9 Å². The number of hydrogen-bond donors (Lipinski definition) is 2. The number of rotatable bonds is 2. The van der Waals surface area contributed by atoms with Crippen molar-refractivity contribution in [1.82, 2.24) is 15.0 Å². The van der Waals surface area contributed by atoms with Gasteiger partial charge in [0.1, 0.15) is 17.8 Å². The van der Waals surface area contributed by atoms with Crippen LogP contribution in [0, 0.1) is 6.92 Å². The Morgan fingerprint density at radius 2 is 2.15 bits per heavy atom. The maximum absolute atomic E-state index is 12.3. The summed E-state index contributed by atoms with van der Waals surface area (Å²) in [6.07, 6.45) is 3.18. The number of benzene rings is 1. The molecular weight excluding hydrogens is 320 g/mol. The molecule has 3 aromatic rings. The molecule has 100 valence electrons. The van der Waals surface area contributed by atoms with Crippen molar-refractivity contribution in [2.45, 2.75) is 6.92 Å². The molecule has 0 spiro atoms. The van der Waals surface area contributed by atoms with E-state index in [-0.39, 0.29) is 5.91 Å². The SMILES string of the molecule is Cc1cc(Br)cc(C(=O)Nc2ncnc3[nH]ccc23)c1. The third kappa shape index (κ3) is 2.42. The smallest absolute Gasteiger partial charge is 0.256 e. The third-order valence-corrected chi connectivity index (χ3v) is 3.35. The lowest BCUT2D eigenvalue weighted by molar-refractivity contribution is 0.102. The fraction of sp³-hybridized carbons (Fsp3) is 0.0714. The van der Waals surface area contributed by atoms with Crippen LogP contribution in [0.4, 0.5) is 5.82 Å². The molecule has 2 aromatic heterocycles. The van der Waals surface area contributed by atoms with E-state index in [9.17, 15) is 4.79 Å². The van der Waals surface area contributed by atoms with Crippen LogP contribution in [0.5, 0.6) is 0 Å². The van der Waals surface area contributed by atoms with E-state index in [4.69, 9.17) is 0 Å². The van der Waals surface area contributed by atoms with E-state index >= 15 is 0 Å². The molecule has 0 unspecified atom stereocenters. The largest absolute Gasteiger partial charge is 0.346 e. The average Bonchev–Trinajstić information content (AvgIpc) is 2.87. The zero-order valence-electron chi connectivity index (χ0n) is 10.6. The van der Waals surface area contributed by atoms with Gasteiger partial charge < -0.3 is 10.3 Å². The Kier molecular flexibility index (Phi) is 3.23. The maximum Gasteiger partial charge on any atom is 0.256 e. The van der Waals surface area contributed by atoms with Gasteiger partial charge >= 0.3 is 0 Å². The first kappa shape index (κ1) is 12.8. The molecule has 0 fully saturated rings. The number of carbonyl (C=O) groups excluding carboxylic acids is 1. The zero-order chi connectivity index (χ0) is 14.1. The number of anilines is 1. The molecule has 0 radical (unpaired) electrons. The Labute approximate surface area is 123 Å². The van der Waals surface area contributed by atoms with Gasteiger partial charge in [-0.25, -0.2) is 9.97 Å². The highest BCUT2D eigenvalue weighted by molar-refractivity contribution is 9.10. The van der Waals surface area contributed by atoms with Crippen LogP contribution in [0.15, 0.2) is 41.3 Å². The summed E-state index contributed by atoms with van der Waals surface area (Å²) < 4.78 is 0.872. The molecule has 20 heavy (non-hydrogen) atoms. The Hall–Kier alpha value is -2.21. The van der Waals surface area contributed by atoms with Gasteiger partial charge in [0.15, 0.2) is 0 Å². The summed E-state index contributed by atoms with van der Waals surface area (Å²) in [5.41, 5.74) is 2.29. The number of halogens is 1. The van der Waals surface area contributed by atoms with Gasteiger partial charge in [-0.15, -0.1) is 0 Å². The summed E-state index contributed by atoms with van der Waals surface area (Å²) in [4.78, 5) is 23.5. The first-order valence-electron chi connectivity index (χ1n) is 6.00. The summed E-state index contributed by atoms with van der Waals surface area (Å²) in [6.45, 7) is 1.94. The Balaban J connectivity index is 1.94. The number of aromatic amines is 1. The van der Waals surface area contributed by atoms with Gasteiger partial charge in [0, 0.05) is 16.2 Å². The number of carbonyl (C=O) groups is 1. The van der Waals surface area contributed by atoms with Gasteiger partial charge in [0.2, 0.25) is 0 Å². The Morgan fingerprint density at radius 1 is 1.30 bits per heavy atom. The minimum absolute atomic E-state index is 0.199. The summed E-state index contributed by atoms with van der Waals surface area (Å²) in [5.74, 6) is 0.300.